The number of sulfone groups is 1. The second-order valence-electron chi connectivity index (χ2n) is 6.21. The molecule has 20 heavy (non-hydrogen) atoms. The van der Waals surface area contributed by atoms with Gasteiger partial charge in [0.25, 0.3) is 0 Å². The quantitative estimate of drug-likeness (QED) is 0.843. The lowest BCUT2D eigenvalue weighted by Gasteiger charge is -2.28. The lowest BCUT2D eigenvalue weighted by Crippen LogP contribution is -2.43. The minimum Gasteiger partial charge on any atom is -0.391 e. The maximum atomic E-state index is 12.0. The lowest BCUT2D eigenvalue weighted by atomic mass is 9.87. The Balaban J connectivity index is 1.86. The van der Waals surface area contributed by atoms with Crippen molar-refractivity contribution in [1.29, 1.82) is 0 Å². The SMILES string of the molecule is CC1(C)CCC[C@@H]1NC[C@@H](O)CS(=O)(=O)c1cccs1. The smallest absolute Gasteiger partial charge is 0.190 e. The Hall–Kier alpha value is -0.430. The zero-order valence-electron chi connectivity index (χ0n) is 12.0. The van der Waals surface area contributed by atoms with Gasteiger partial charge in [-0.1, -0.05) is 26.3 Å². The first kappa shape index (κ1) is 15.9. The molecule has 1 heterocycles. The number of thiophene rings is 1. The molecular formula is C14H23NO3S2. The van der Waals surface area contributed by atoms with E-state index in [1.807, 2.05) is 0 Å². The fourth-order valence-corrected chi connectivity index (χ4v) is 5.30. The molecule has 0 spiro atoms. The van der Waals surface area contributed by atoms with Crippen molar-refractivity contribution in [2.75, 3.05) is 12.3 Å². The number of hydrogen-bond acceptors (Lipinski definition) is 5. The Labute approximate surface area is 125 Å². The summed E-state index contributed by atoms with van der Waals surface area (Å²) < 4.78 is 24.4. The normalized spacial score (nSPS) is 23.9. The molecule has 0 unspecified atom stereocenters. The third-order valence-corrected chi connectivity index (χ3v) is 7.36. The zero-order valence-corrected chi connectivity index (χ0v) is 13.6. The maximum Gasteiger partial charge on any atom is 0.190 e. The van der Waals surface area contributed by atoms with Gasteiger partial charge in [0.15, 0.2) is 9.84 Å². The molecule has 1 aliphatic rings. The molecule has 1 fully saturated rings. The minimum absolute atomic E-state index is 0.215. The van der Waals surface area contributed by atoms with Crippen LogP contribution in [0.2, 0.25) is 0 Å². The summed E-state index contributed by atoms with van der Waals surface area (Å²) in [4.78, 5) is 0. The minimum atomic E-state index is -3.36. The summed E-state index contributed by atoms with van der Waals surface area (Å²) in [7, 11) is -3.36. The molecule has 1 aliphatic carbocycles. The highest BCUT2D eigenvalue weighted by Gasteiger charge is 2.34. The van der Waals surface area contributed by atoms with Crippen LogP contribution < -0.4 is 5.32 Å². The van der Waals surface area contributed by atoms with E-state index in [1.165, 1.54) is 24.2 Å². The van der Waals surface area contributed by atoms with Crippen LogP contribution in [0.4, 0.5) is 0 Å². The lowest BCUT2D eigenvalue weighted by molar-refractivity contribution is 0.174. The second kappa shape index (κ2) is 6.13. The molecule has 0 saturated heterocycles. The molecular weight excluding hydrogens is 294 g/mol. The molecule has 0 amide bonds. The van der Waals surface area contributed by atoms with Gasteiger partial charge in [-0.05, 0) is 29.7 Å². The molecule has 2 atom stereocenters. The van der Waals surface area contributed by atoms with Crippen LogP contribution in [0.5, 0.6) is 0 Å². The Morgan fingerprint density at radius 2 is 2.30 bits per heavy atom. The van der Waals surface area contributed by atoms with Gasteiger partial charge in [-0.2, -0.15) is 0 Å². The molecule has 1 aromatic rings. The maximum absolute atomic E-state index is 12.0. The van der Waals surface area contributed by atoms with Crippen molar-refractivity contribution < 1.29 is 13.5 Å². The molecule has 4 nitrogen and oxygen atoms in total. The van der Waals surface area contributed by atoms with Crippen LogP contribution in [0.25, 0.3) is 0 Å². The van der Waals surface area contributed by atoms with Crippen molar-refractivity contribution in [1.82, 2.24) is 5.32 Å². The highest BCUT2D eigenvalue weighted by atomic mass is 32.2. The summed E-state index contributed by atoms with van der Waals surface area (Å²) in [5.74, 6) is -0.215. The summed E-state index contributed by atoms with van der Waals surface area (Å²) >= 11 is 1.20. The first-order valence-electron chi connectivity index (χ1n) is 6.99. The number of rotatable bonds is 6. The summed E-state index contributed by atoms with van der Waals surface area (Å²) in [6, 6.07) is 3.66. The van der Waals surface area contributed by atoms with Crippen LogP contribution in [-0.4, -0.2) is 38.0 Å². The molecule has 6 heteroatoms. The highest BCUT2D eigenvalue weighted by molar-refractivity contribution is 7.93. The van der Waals surface area contributed by atoms with Crippen molar-refractivity contribution in [3.63, 3.8) is 0 Å². The second-order valence-corrected chi connectivity index (χ2v) is 9.42. The average Bonchev–Trinajstić information content (AvgIpc) is 2.95. The topological polar surface area (TPSA) is 66.4 Å². The molecule has 0 aliphatic heterocycles. The first-order valence-corrected chi connectivity index (χ1v) is 9.52. The molecule has 0 aromatic carbocycles. The summed E-state index contributed by atoms with van der Waals surface area (Å²) in [5, 5.41) is 15.0. The Kier molecular flexibility index (Phi) is 4.89. The molecule has 0 bridgehead atoms. The van der Waals surface area contributed by atoms with Gasteiger partial charge in [-0.25, -0.2) is 8.42 Å². The predicted octanol–water partition coefficient (Wildman–Crippen LogP) is 2.05. The number of hydrogen-bond donors (Lipinski definition) is 2. The van der Waals surface area contributed by atoms with Gasteiger partial charge in [0.1, 0.15) is 4.21 Å². The van der Waals surface area contributed by atoms with E-state index in [4.69, 9.17) is 0 Å². The standard InChI is InChI=1S/C14H23NO3S2/c1-14(2)7-3-5-12(14)15-9-11(16)10-20(17,18)13-6-4-8-19-13/h4,6,8,11-12,15-16H,3,5,7,9-10H2,1-2H3/t11-,12+/m1/s1. The van der Waals surface area contributed by atoms with Gasteiger partial charge in [-0.15, -0.1) is 11.3 Å². The third-order valence-electron chi connectivity index (χ3n) is 4.07. The monoisotopic (exact) mass is 317 g/mol. The van der Waals surface area contributed by atoms with Gasteiger partial charge in [0.2, 0.25) is 0 Å². The van der Waals surface area contributed by atoms with E-state index in [1.54, 1.807) is 17.5 Å². The van der Waals surface area contributed by atoms with Crippen molar-refractivity contribution in [2.24, 2.45) is 5.41 Å². The van der Waals surface area contributed by atoms with Crippen molar-refractivity contribution in [2.45, 2.75) is 49.5 Å². The average molecular weight is 317 g/mol. The molecule has 1 aromatic heterocycles. The highest BCUT2D eigenvalue weighted by Crippen LogP contribution is 2.37. The van der Waals surface area contributed by atoms with Crippen LogP contribution >= 0.6 is 11.3 Å². The van der Waals surface area contributed by atoms with Crippen LogP contribution in [0, 0.1) is 5.41 Å². The molecule has 2 rings (SSSR count). The molecule has 1 saturated carbocycles. The van der Waals surface area contributed by atoms with E-state index < -0.39 is 15.9 Å². The van der Waals surface area contributed by atoms with Crippen molar-refractivity contribution >= 4 is 21.2 Å². The first-order chi connectivity index (χ1) is 9.31. The number of aliphatic hydroxyl groups excluding tert-OH is 1. The largest absolute Gasteiger partial charge is 0.391 e. The summed E-state index contributed by atoms with van der Waals surface area (Å²) in [6.45, 7) is 4.76. The zero-order chi connectivity index (χ0) is 14.8. The van der Waals surface area contributed by atoms with Gasteiger partial charge in [0.05, 0.1) is 11.9 Å². The fourth-order valence-electron chi connectivity index (χ4n) is 2.82. The van der Waals surface area contributed by atoms with E-state index in [0.717, 1.165) is 6.42 Å². The van der Waals surface area contributed by atoms with Crippen molar-refractivity contribution in [3.8, 4) is 0 Å². The van der Waals surface area contributed by atoms with Gasteiger partial charge in [0, 0.05) is 12.6 Å². The van der Waals surface area contributed by atoms with Gasteiger partial charge in [-0.3, -0.25) is 0 Å². The summed E-state index contributed by atoms with van der Waals surface area (Å²) in [6.07, 6.45) is 2.60. The van der Waals surface area contributed by atoms with E-state index in [0.29, 0.717) is 16.8 Å². The van der Waals surface area contributed by atoms with Crippen LogP contribution in [0.3, 0.4) is 0 Å². The Bertz CT molecular complexity index is 523. The van der Waals surface area contributed by atoms with Crippen LogP contribution in [0.15, 0.2) is 21.7 Å². The Morgan fingerprint density at radius 1 is 1.55 bits per heavy atom. The molecule has 2 N–H and O–H groups in total. The van der Waals surface area contributed by atoms with E-state index in [9.17, 15) is 13.5 Å². The number of nitrogens with one attached hydrogen (secondary N) is 1. The van der Waals surface area contributed by atoms with Gasteiger partial charge < -0.3 is 10.4 Å². The Morgan fingerprint density at radius 3 is 2.85 bits per heavy atom. The molecule has 0 radical (unpaired) electrons. The van der Waals surface area contributed by atoms with Crippen molar-refractivity contribution in [3.05, 3.63) is 17.5 Å². The predicted molar refractivity (Wildman–Crippen MR) is 81.8 cm³/mol. The van der Waals surface area contributed by atoms with Gasteiger partial charge >= 0.3 is 0 Å². The molecule has 114 valence electrons. The fraction of sp³-hybridized carbons (Fsp3) is 0.714. The number of aliphatic hydroxyl groups is 1. The summed E-state index contributed by atoms with van der Waals surface area (Å²) in [5.41, 5.74) is 0.229. The van der Waals surface area contributed by atoms with Crippen LogP contribution in [-0.2, 0) is 9.84 Å². The third kappa shape index (κ3) is 3.81. The van der Waals surface area contributed by atoms with Crippen LogP contribution in [0.1, 0.15) is 33.1 Å². The van der Waals surface area contributed by atoms with E-state index in [-0.39, 0.29) is 11.2 Å². The van der Waals surface area contributed by atoms with E-state index in [2.05, 4.69) is 19.2 Å². The van der Waals surface area contributed by atoms with E-state index >= 15 is 0 Å².